The molecule has 1 fully saturated rings. The standard InChI is InChI=1S/C18H27BrN2/c1-14-5-3-2-4-10-21(14)18(13-20)9-8-15-11-17(19)7-6-16(15)12-18/h6-7,11,14H,2-5,8-10,12-13,20H2,1H3. The molecule has 1 aliphatic carbocycles. The SMILES string of the molecule is CC1CCCCCN1C1(CN)CCc2cc(Br)ccc2C1. The molecule has 2 atom stereocenters. The molecule has 2 unspecified atom stereocenters. The number of likely N-dealkylation sites (tertiary alicyclic amines) is 1. The zero-order chi connectivity index (χ0) is 14.9. The minimum atomic E-state index is 0.185. The Labute approximate surface area is 137 Å². The van der Waals surface area contributed by atoms with Gasteiger partial charge in [-0.15, -0.1) is 0 Å². The number of rotatable bonds is 2. The van der Waals surface area contributed by atoms with Gasteiger partial charge in [-0.1, -0.05) is 34.8 Å². The van der Waals surface area contributed by atoms with Crippen molar-refractivity contribution in [3.8, 4) is 0 Å². The van der Waals surface area contributed by atoms with Gasteiger partial charge in [-0.25, -0.2) is 0 Å². The number of hydrogen-bond donors (Lipinski definition) is 1. The average molecular weight is 351 g/mol. The van der Waals surface area contributed by atoms with E-state index < -0.39 is 0 Å². The van der Waals surface area contributed by atoms with Gasteiger partial charge in [-0.3, -0.25) is 4.90 Å². The second kappa shape index (κ2) is 6.39. The van der Waals surface area contributed by atoms with Crippen LogP contribution in [0.25, 0.3) is 0 Å². The summed E-state index contributed by atoms with van der Waals surface area (Å²) < 4.78 is 1.20. The van der Waals surface area contributed by atoms with Gasteiger partial charge in [0.1, 0.15) is 0 Å². The van der Waals surface area contributed by atoms with Gasteiger partial charge in [0.25, 0.3) is 0 Å². The van der Waals surface area contributed by atoms with Crippen LogP contribution in [0.15, 0.2) is 22.7 Å². The molecule has 0 amide bonds. The predicted octanol–water partition coefficient (Wildman–Crippen LogP) is 3.90. The maximum atomic E-state index is 6.32. The Bertz CT molecular complexity index is 502. The minimum absolute atomic E-state index is 0.185. The highest BCUT2D eigenvalue weighted by atomic mass is 79.9. The Morgan fingerprint density at radius 2 is 2.14 bits per heavy atom. The number of fused-ring (bicyclic) bond motifs is 1. The molecule has 0 radical (unpaired) electrons. The van der Waals surface area contributed by atoms with Crippen LogP contribution in [0.5, 0.6) is 0 Å². The summed E-state index contributed by atoms with van der Waals surface area (Å²) >= 11 is 3.60. The number of nitrogens with zero attached hydrogens (tertiary/aromatic N) is 1. The lowest BCUT2D eigenvalue weighted by Gasteiger charge is -2.49. The predicted molar refractivity (Wildman–Crippen MR) is 92.6 cm³/mol. The van der Waals surface area contributed by atoms with Crippen molar-refractivity contribution in [3.63, 3.8) is 0 Å². The molecule has 0 saturated carbocycles. The second-order valence-corrected chi connectivity index (χ2v) is 7.83. The lowest BCUT2D eigenvalue weighted by molar-refractivity contribution is 0.0450. The van der Waals surface area contributed by atoms with Crippen LogP contribution in [0.4, 0.5) is 0 Å². The molecule has 0 bridgehead atoms. The highest BCUT2D eigenvalue weighted by Crippen LogP contribution is 2.37. The second-order valence-electron chi connectivity index (χ2n) is 6.91. The first-order valence-corrected chi connectivity index (χ1v) is 9.18. The molecule has 1 saturated heterocycles. The van der Waals surface area contributed by atoms with Gasteiger partial charge >= 0.3 is 0 Å². The van der Waals surface area contributed by atoms with Crippen LogP contribution in [-0.4, -0.2) is 29.6 Å². The number of halogens is 1. The fraction of sp³-hybridized carbons (Fsp3) is 0.667. The Morgan fingerprint density at radius 1 is 1.29 bits per heavy atom. The summed E-state index contributed by atoms with van der Waals surface area (Å²) in [4.78, 5) is 2.75. The Morgan fingerprint density at radius 3 is 2.95 bits per heavy atom. The lowest BCUT2D eigenvalue weighted by atomic mass is 9.76. The van der Waals surface area contributed by atoms with Crippen LogP contribution < -0.4 is 5.73 Å². The summed E-state index contributed by atoms with van der Waals surface area (Å²) in [5, 5.41) is 0. The maximum absolute atomic E-state index is 6.32. The van der Waals surface area contributed by atoms with Crippen molar-refractivity contribution in [1.29, 1.82) is 0 Å². The topological polar surface area (TPSA) is 29.3 Å². The zero-order valence-electron chi connectivity index (χ0n) is 13.1. The van der Waals surface area contributed by atoms with Crippen LogP contribution in [0, 0.1) is 0 Å². The minimum Gasteiger partial charge on any atom is -0.329 e. The number of nitrogens with two attached hydrogens (primary N) is 1. The normalized spacial score (nSPS) is 30.7. The van der Waals surface area contributed by atoms with Crippen molar-refractivity contribution >= 4 is 15.9 Å². The summed E-state index contributed by atoms with van der Waals surface area (Å²) in [5.74, 6) is 0. The molecule has 2 nitrogen and oxygen atoms in total. The molecule has 1 aromatic rings. The molecular weight excluding hydrogens is 324 g/mol. The van der Waals surface area contributed by atoms with Crippen molar-refractivity contribution in [3.05, 3.63) is 33.8 Å². The summed E-state index contributed by atoms with van der Waals surface area (Å²) in [6.45, 7) is 4.41. The molecular formula is C18H27BrN2. The first-order chi connectivity index (χ1) is 10.1. The molecule has 1 heterocycles. The Balaban J connectivity index is 1.89. The number of benzene rings is 1. The monoisotopic (exact) mass is 350 g/mol. The van der Waals surface area contributed by atoms with Crippen molar-refractivity contribution < 1.29 is 0 Å². The summed E-state index contributed by atoms with van der Waals surface area (Å²) in [6.07, 6.45) is 8.91. The quantitative estimate of drug-likeness (QED) is 0.876. The lowest BCUT2D eigenvalue weighted by Crippen LogP contribution is -2.59. The zero-order valence-corrected chi connectivity index (χ0v) is 14.7. The van der Waals surface area contributed by atoms with Gasteiger partial charge in [0.05, 0.1) is 0 Å². The van der Waals surface area contributed by atoms with E-state index in [4.69, 9.17) is 5.73 Å². The summed E-state index contributed by atoms with van der Waals surface area (Å²) in [6, 6.07) is 7.44. The van der Waals surface area contributed by atoms with Gasteiger partial charge < -0.3 is 5.73 Å². The van der Waals surface area contributed by atoms with Gasteiger partial charge in [0, 0.05) is 22.6 Å². The summed E-state index contributed by atoms with van der Waals surface area (Å²) in [5.41, 5.74) is 9.52. The fourth-order valence-corrected chi connectivity index (χ4v) is 4.73. The van der Waals surface area contributed by atoms with E-state index in [1.54, 1.807) is 0 Å². The van der Waals surface area contributed by atoms with Crippen molar-refractivity contribution in [2.24, 2.45) is 5.73 Å². The molecule has 0 spiro atoms. The fourth-order valence-electron chi connectivity index (χ4n) is 4.33. The van der Waals surface area contributed by atoms with Gasteiger partial charge in [-0.05, 0) is 68.8 Å². The first-order valence-electron chi connectivity index (χ1n) is 8.39. The highest BCUT2D eigenvalue weighted by molar-refractivity contribution is 9.10. The molecule has 2 aliphatic rings. The van der Waals surface area contributed by atoms with E-state index in [9.17, 15) is 0 Å². The van der Waals surface area contributed by atoms with Crippen molar-refractivity contribution in [1.82, 2.24) is 4.90 Å². The maximum Gasteiger partial charge on any atom is 0.0378 e. The first kappa shape index (κ1) is 15.5. The van der Waals surface area contributed by atoms with E-state index in [2.05, 4.69) is 46.0 Å². The molecule has 1 aromatic carbocycles. The van der Waals surface area contributed by atoms with E-state index in [1.165, 1.54) is 54.2 Å². The third-order valence-corrected chi connectivity index (χ3v) is 6.08. The third-order valence-electron chi connectivity index (χ3n) is 5.59. The van der Waals surface area contributed by atoms with Crippen LogP contribution >= 0.6 is 15.9 Å². The largest absolute Gasteiger partial charge is 0.329 e. The van der Waals surface area contributed by atoms with Crippen molar-refractivity contribution in [2.75, 3.05) is 13.1 Å². The van der Waals surface area contributed by atoms with E-state index in [-0.39, 0.29) is 5.54 Å². The van der Waals surface area contributed by atoms with E-state index in [0.717, 1.165) is 19.4 Å². The van der Waals surface area contributed by atoms with Gasteiger partial charge in [-0.2, -0.15) is 0 Å². The van der Waals surface area contributed by atoms with Gasteiger partial charge in [0.15, 0.2) is 0 Å². The summed E-state index contributed by atoms with van der Waals surface area (Å²) in [7, 11) is 0. The molecule has 3 heteroatoms. The Hall–Kier alpha value is -0.380. The van der Waals surface area contributed by atoms with Crippen molar-refractivity contribution in [2.45, 2.75) is 63.5 Å². The van der Waals surface area contributed by atoms with E-state index in [0.29, 0.717) is 6.04 Å². The van der Waals surface area contributed by atoms with Gasteiger partial charge in [0.2, 0.25) is 0 Å². The van der Waals surface area contributed by atoms with E-state index >= 15 is 0 Å². The van der Waals surface area contributed by atoms with Crippen LogP contribution in [0.3, 0.4) is 0 Å². The molecule has 21 heavy (non-hydrogen) atoms. The third kappa shape index (κ3) is 3.06. The number of hydrogen-bond acceptors (Lipinski definition) is 2. The highest BCUT2D eigenvalue weighted by Gasteiger charge is 2.40. The Kier molecular flexibility index (Phi) is 4.72. The molecule has 3 rings (SSSR count). The molecule has 0 aromatic heterocycles. The number of aryl methyl sites for hydroxylation is 1. The van der Waals surface area contributed by atoms with Crippen LogP contribution in [0.2, 0.25) is 0 Å². The molecule has 116 valence electrons. The van der Waals surface area contributed by atoms with Crippen LogP contribution in [-0.2, 0) is 12.8 Å². The molecule has 1 aliphatic heterocycles. The molecule has 2 N–H and O–H groups in total. The average Bonchev–Trinajstić information content (AvgIpc) is 2.72. The van der Waals surface area contributed by atoms with Crippen LogP contribution in [0.1, 0.15) is 50.2 Å². The smallest absolute Gasteiger partial charge is 0.0378 e. The van der Waals surface area contributed by atoms with E-state index in [1.807, 2.05) is 0 Å².